The van der Waals surface area contributed by atoms with Gasteiger partial charge in [-0.15, -0.1) is 22.7 Å². The number of carbonyl (C=O) groups is 2. The maximum absolute atomic E-state index is 12.6. The highest BCUT2D eigenvalue weighted by molar-refractivity contribution is 7.17. The number of nitrogens with one attached hydrogen (secondary N) is 1. The predicted molar refractivity (Wildman–Crippen MR) is 105 cm³/mol. The predicted octanol–water partition coefficient (Wildman–Crippen LogP) is 2.93. The highest BCUT2D eigenvalue weighted by Gasteiger charge is 2.27. The van der Waals surface area contributed by atoms with Crippen molar-refractivity contribution in [1.29, 1.82) is 0 Å². The van der Waals surface area contributed by atoms with Crippen molar-refractivity contribution in [1.82, 2.24) is 9.72 Å². The van der Waals surface area contributed by atoms with E-state index < -0.39 is 17.6 Å². The molecule has 0 spiro atoms. The van der Waals surface area contributed by atoms with Crippen LogP contribution in [0.15, 0.2) is 26.8 Å². The molecular formula is C18H17N3O5S2. The van der Waals surface area contributed by atoms with Gasteiger partial charge in [0.1, 0.15) is 11.5 Å². The number of methoxy groups -OCH3 is 1. The number of esters is 1. The van der Waals surface area contributed by atoms with Gasteiger partial charge in [-0.2, -0.15) is 0 Å². The lowest BCUT2D eigenvalue weighted by molar-refractivity contribution is -0.116. The second-order valence-corrected chi connectivity index (χ2v) is 8.34. The van der Waals surface area contributed by atoms with Crippen molar-refractivity contribution in [2.24, 2.45) is 0 Å². The number of carbonyl (C=O) groups excluding carboxylic acids is 2. The van der Waals surface area contributed by atoms with Crippen molar-refractivity contribution in [2.45, 2.75) is 32.2 Å². The summed E-state index contributed by atoms with van der Waals surface area (Å²) in [5.74, 6) is -1.31. The minimum Gasteiger partial charge on any atom is -0.465 e. The van der Waals surface area contributed by atoms with Crippen molar-refractivity contribution in [2.75, 3.05) is 12.4 Å². The molecule has 1 aliphatic carbocycles. The first-order valence-corrected chi connectivity index (χ1v) is 10.4. The Labute approximate surface area is 167 Å². The Balaban J connectivity index is 1.60. The molecule has 0 saturated heterocycles. The summed E-state index contributed by atoms with van der Waals surface area (Å²) >= 11 is 2.78. The van der Waals surface area contributed by atoms with E-state index >= 15 is 0 Å². The van der Waals surface area contributed by atoms with E-state index in [1.54, 1.807) is 6.07 Å². The number of fused-ring (bicyclic) bond motifs is 1. The largest absolute Gasteiger partial charge is 0.465 e. The van der Waals surface area contributed by atoms with Crippen LogP contribution >= 0.6 is 22.7 Å². The van der Waals surface area contributed by atoms with Crippen molar-refractivity contribution in [3.63, 3.8) is 0 Å². The zero-order chi connectivity index (χ0) is 19.7. The lowest BCUT2D eigenvalue weighted by Crippen LogP contribution is -2.25. The van der Waals surface area contributed by atoms with Gasteiger partial charge in [0.2, 0.25) is 5.91 Å². The molecule has 3 aromatic heterocycles. The molecule has 8 nitrogen and oxygen atoms in total. The Hall–Kier alpha value is -2.72. The lowest BCUT2D eigenvalue weighted by Gasteiger charge is -2.11. The van der Waals surface area contributed by atoms with Crippen molar-refractivity contribution in [3.05, 3.63) is 44.1 Å². The average molecular weight is 419 g/mol. The van der Waals surface area contributed by atoms with Crippen LogP contribution in [0.4, 0.5) is 5.00 Å². The van der Waals surface area contributed by atoms with Crippen LogP contribution in [-0.2, 0) is 28.9 Å². The molecule has 28 heavy (non-hydrogen) atoms. The highest BCUT2D eigenvalue weighted by Crippen LogP contribution is 2.38. The van der Waals surface area contributed by atoms with E-state index in [0.717, 1.165) is 41.0 Å². The normalized spacial score (nSPS) is 13.2. The van der Waals surface area contributed by atoms with Gasteiger partial charge in [-0.25, -0.2) is 14.2 Å². The topological polar surface area (TPSA) is 103 Å². The van der Waals surface area contributed by atoms with E-state index in [1.807, 2.05) is 11.4 Å². The Kier molecular flexibility index (Phi) is 5.14. The molecule has 0 aliphatic heterocycles. The fraction of sp³-hybridized carbons (Fsp3) is 0.333. The molecule has 0 bridgehead atoms. The number of hydrogen-bond donors (Lipinski definition) is 1. The minimum absolute atomic E-state index is 0.265. The van der Waals surface area contributed by atoms with Gasteiger partial charge >= 0.3 is 11.7 Å². The van der Waals surface area contributed by atoms with E-state index in [-0.39, 0.29) is 6.54 Å². The first-order chi connectivity index (χ1) is 13.6. The van der Waals surface area contributed by atoms with Crippen LogP contribution in [-0.4, -0.2) is 28.7 Å². The van der Waals surface area contributed by atoms with Crippen molar-refractivity contribution in [3.8, 4) is 10.7 Å². The van der Waals surface area contributed by atoms with Gasteiger partial charge < -0.3 is 10.1 Å². The molecule has 1 aliphatic rings. The third kappa shape index (κ3) is 3.40. The molecule has 0 unspecified atom stereocenters. The molecular weight excluding hydrogens is 402 g/mol. The van der Waals surface area contributed by atoms with Crippen LogP contribution in [0.5, 0.6) is 0 Å². The third-order valence-electron chi connectivity index (χ3n) is 4.54. The van der Waals surface area contributed by atoms with Gasteiger partial charge in [0.05, 0.1) is 17.6 Å². The van der Waals surface area contributed by atoms with Gasteiger partial charge in [0, 0.05) is 4.88 Å². The maximum atomic E-state index is 12.6. The third-order valence-corrected chi connectivity index (χ3v) is 6.62. The Bertz CT molecular complexity index is 1080. The van der Waals surface area contributed by atoms with Crippen LogP contribution in [0.2, 0.25) is 0 Å². The number of thiophene rings is 2. The van der Waals surface area contributed by atoms with Crippen LogP contribution in [0.3, 0.4) is 0 Å². The van der Waals surface area contributed by atoms with Crippen LogP contribution in [0.1, 0.15) is 33.6 Å². The molecule has 1 N–H and O–H groups in total. The molecule has 0 aromatic carbocycles. The summed E-state index contributed by atoms with van der Waals surface area (Å²) in [7, 11) is 1.32. The maximum Gasteiger partial charge on any atom is 0.442 e. The molecule has 10 heteroatoms. The van der Waals surface area contributed by atoms with Crippen molar-refractivity contribution < 1.29 is 18.8 Å². The zero-order valence-corrected chi connectivity index (χ0v) is 16.7. The first-order valence-electron chi connectivity index (χ1n) is 8.71. The number of ether oxygens (including phenoxy) is 1. The molecule has 0 saturated carbocycles. The second kappa shape index (κ2) is 7.72. The quantitative estimate of drug-likeness (QED) is 0.638. The number of hydrogen-bond acceptors (Lipinski definition) is 8. The zero-order valence-electron chi connectivity index (χ0n) is 15.0. The van der Waals surface area contributed by atoms with Crippen LogP contribution < -0.4 is 11.1 Å². The molecule has 4 rings (SSSR count). The summed E-state index contributed by atoms with van der Waals surface area (Å²) < 4.78 is 10.8. The summed E-state index contributed by atoms with van der Waals surface area (Å²) in [4.78, 5) is 38.7. The monoisotopic (exact) mass is 419 g/mol. The fourth-order valence-electron chi connectivity index (χ4n) is 3.27. The molecule has 1 amide bonds. The molecule has 0 fully saturated rings. The fourth-order valence-corrected chi connectivity index (χ4v) is 5.28. The molecule has 146 valence electrons. The van der Waals surface area contributed by atoms with E-state index in [0.29, 0.717) is 16.4 Å². The lowest BCUT2D eigenvalue weighted by atomic mass is 9.95. The van der Waals surface area contributed by atoms with Crippen molar-refractivity contribution >= 4 is 39.6 Å². The second-order valence-electron chi connectivity index (χ2n) is 6.29. The number of amides is 1. The van der Waals surface area contributed by atoms with Gasteiger partial charge in [-0.1, -0.05) is 11.2 Å². The first kappa shape index (κ1) is 18.6. The summed E-state index contributed by atoms with van der Waals surface area (Å²) in [5, 5.41) is 8.85. The van der Waals surface area contributed by atoms with E-state index in [2.05, 4.69) is 10.5 Å². The summed E-state index contributed by atoms with van der Waals surface area (Å²) in [6.07, 6.45) is 3.73. The molecule has 0 radical (unpaired) electrons. The Morgan fingerprint density at radius 2 is 2.18 bits per heavy atom. The van der Waals surface area contributed by atoms with Gasteiger partial charge in [0.25, 0.3) is 0 Å². The van der Waals surface area contributed by atoms with E-state index in [9.17, 15) is 14.4 Å². The highest BCUT2D eigenvalue weighted by atomic mass is 32.1. The standard InChI is InChI=1S/C18H17N3O5S2/c1-25-17(23)14-10-5-2-3-6-11(10)28-16(14)19-13(22)9-21-15(20-26-18(21)24)12-7-4-8-27-12/h4,7-8H,2-3,5-6,9H2,1H3,(H,19,22). The number of anilines is 1. The average Bonchev–Trinajstić information content (AvgIpc) is 3.41. The molecule has 3 heterocycles. The Morgan fingerprint density at radius 1 is 1.36 bits per heavy atom. The number of aryl methyl sites for hydroxylation is 1. The summed E-state index contributed by atoms with van der Waals surface area (Å²) in [6, 6.07) is 3.61. The summed E-state index contributed by atoms with van der Waals surface area (Å²) in [5.41, 5.74) is 1.38. The molecule has 0 atom stereocenters. The summed E-state index contributed by atoms with van der Waals surface area (Å²) in [6.45, 7) is -0.265. The van der Waals surface area contributed by atoms with Gasteiger partial charge in [-0.3, -0.25) is 9.32 Å². The number of nitrogens with zero attached hydrogens (tertiary/aromatic N) is 2. The van der Waals surface area contributed by atoms with E-state index in [4.69, 9.17) is 9.26 Å². The van der Waals surface area contributed by atoms with Gasteiger partial charge in [0.15, 0.2) is 5.82 Å². The minimum atomic E-state index is -0.711. The van der Waals surface area contributed by atoms with E-state index in [1.165, 1.54) is 34.4 Å². The molecule has 3 aromatic rings. The number of aromatic nitrogens is 2. The van der Waals surface area contributed by atoms with Crippen LogP contribution in [0, 0.1) is 0 Å². The van der Waals surface area contributed by atoms with Crippen LogP contribution in [0.25, 0.3) is 10.7 Å². The number of rotatable bonds is 5. The SMILES string of the molecule is COC(=O)c1c(NC(=O)Cn2c(-c3cccs3)noc2=O)sc2c1CCCC2. The Morgan fingerprint density at radius 3 is 2.93 bits per heavy atom. The smallest absolute Gasteiger partial charge is 0.442 e. The van der Waals surface area contributed by atoms with Gasteiger partial charge in [-0.05, 0) is 42.7 Å².